The van der Waals surface area contributed by atoms with E-state index in [-0.39, 0.29) is 5.25 Å². The van der Waals surface area contributed by atoms with Crippen LogP contribution in [0.25, 0.3) is 0 Å². The van der Waals surface area contributed by atoms with Crippen LogP contribution in [0.2, 0.25) is 0 Å². The molecule has 2 unspecified atom stereocenters. The van der Waals surface area contributed by atoms with Gasteiger partial charge in [-0.3, -0.25) is 0 Å². The van der Waals surface area contributed by atoms with E-state index >= 15 is 0 Å². The van der Waals surface area contributed by atoms with Crippen molar-refractivity contribution in [2.75, 3.05) is 0 Å². The van der Waals surface area contributed by atoms with Crippen LogP contribution in [0.5, 0.6) is 0 Å². The van der Waals surface area contributed by atoms with Crippen molar-refractivity contribution in [1.82, 2.24) is 0 Å². The van der Waals surface area contributed by atoms with Crippen LogP contribution in [0.15, 0.2) is 65.6 Å². The second-order valence-corrected chi connectivity index (χ2v) is 5.44. The van der Waals surface area contributed by atoms with Gasteiger partial charge in [0.15, 0.2) is 0 Å². The summed E-state index contributed by atoms with van der Waals surface area (Å²) in [4.78, 5) is 1.19. The molecule has 1 nitrogen and oxygen atoms in total. The van der Waals surface area contributed by atoms with Gasteiger partial charge in [0.2, 0.25) is 0 Å². The van der Waals surface area contributed by atoms with Gasteiger partial charge >= 0.3 is 0 Å². The molecule has 116 valence electrons. The SMILES string of the molecule is CC.CC.CC(Sc1ccccc1)C(O)c1ccccc1. The molecule has 2 aromatic rings. The molecule has 0 aromatic heterocycles. The summed E-state index contributed by atoms with van der Waals surface area (Å²) in [6.07, 6.45) is -0.429. The Morgan fingerprint density at radius 1 is 0.762 bits per heavy atom. The summed E-state index contributed by atoms with van der Waals surface area (Å²) in [7, 11) is 0. The summed E-state index contributed by atoms with van der Waals surface area (Å²) in [5.74, 6) is 0. The van der Waals surface area contributed by atoms with Crippen LogP contribution in [0.3, 0.4) is 0 Å². The third kappa shape index (κ3) is 7.35. The summed E-state index contributed by atoms with van der Waals surface area (Å²) in [6.45, 7) is 10.1. The predicted molar refractivity (Wildman–Crippen MR) is 95.9 cm³/mol. The van der Waals surface area contributed by atoms with E-state index in [0.29, 0.717) is 0 Å². The van der Waals surface area contributed by atoms with Crippen LogP contribution in [0, 0.1) is 0 Å². The molecule has 0 aliphatic carbocycles. The fourth-order valence-corrected chi connectivity index (χ4v) is 2.73. The monoisotopic (exact) mass is 304 g/mol. The molecular formula is C19H28OS. The van der Waals surface area contributed by atoms with E-state index in [1.54, 1.807) is 11.8 Å². The lowest BCUT2D eigenvalue weighted by Gasteiger charge is -2.18. The van der Waals surface area contributed by atoms with E-state index in [1.165, 1.54) is 4.90 Å². The number of benzene rings is 2. The number of hydrogen-bond donors (Lipinski definition) is 1. The van der Waals surface area contributed by atoms with Gasteiger partial charge in [0.1, 0.15) is 0 Å². The molecule has 0 spiro atoms. The Bertz CT molecular complexity index is 442. The molecule has 0 heterocycles. The highest BCUT2D eigenvalue weighted by Gasteiger charge is 2.16. The molecule has 0 saturated heterocycles. The number of aliphatic hydroxyl groups is 1. The Labute approximate surface area is 134 Å². The topological polar surface area (TPSA) is 20.2 Å². The normalized spacial score (nSPS) is 12.1. The minimum atomic E-state index is -0.429. The zero-order valence-corrected chi connectivity index (χ0v) is 14.6. The summed E-state index contributed by atoms with van der Waals surface area (Å²) < 4.78 is 0. The summed E-state index contributed by atoms with van der Waals surface area (Å²) in [5.41, 5.74) is 0.975. The molecule has 2 aromatic carbocycles. The predicted octanol–water partition coefficient (Wildman–Crippen LogP) is 5.95. The minimum absolute atomic E-state index is 0.139. The van der Waals surface area contributed by atoms with E-state index in [2.05, 4.69) is 19.1 Å². The Morgan fingerprint density at radius 2 is 1.19 bits per heavy atom. The van der Waals surface area contributed by atoms with Gasteiger partial charge in [0, 0.05) is 10.1 Å². The van der Waals surface area contributed by atoms with Crippen molar-refractivity contribution < 1.29 is 5.11 Å². The molecule has 2 rings (SSSR count). The number of rotatable bonds is 4. The number of hydrogen-bond acceptors (Lipinski definition) is 2. The second kappa shape index (κ2) is 12.5. The fraction of sp³-hybridized carbons (Fsp3) is 0.368. The molecule has 0 amide bonds. The quantitative estimate of drug-likeness (QED) is 0.704. The zero-order chi connectivity index (χ0) is 16.1. The lowest BCUT2D eigenvalue weighted by molar-refractivity contribution is 0.179. The summed E-state index contributed by atoms with van der Waals surface area (Å²) in [6, 6.07) is 20.0. The van der Waals surface area contributed by atoms with Crippen molar-refractivity contribution in [1.29, 1.82) is 0 Å². The maximum atomic E-state index is 10.2. The van der Waals surface area contributed by atoms with Crippen LogP contribution in [0.4, 0.5) is 0 Å². The van der Waals surface area contributed by atoms with Crippen LogP contribution < -0.4 is 0 Å². The van der Waals surface area contributed by atoms with E-state index in [9.17, 15) is 5.11 Å². The summed E-state index contributed by atoms with van der Waals surface area (Å²) in [5, 5.41) is 10.4. The first-order chi connectivity index (χ1) is 10.3. The highest BCUT2D eigenvalue weighted by Crippen LogP contribution is 2.31. The molecule has 0 aliphatic rings. The first-order valence-corrected chi connectivity index (χ1v) is 8.60. The third-order valence-electron chi connectivity index (χ3n) is 2.65. The van der Waals surface area contributed by atoms with Crippen molar-refractivity contribution in [3.8, 4) is 0 Å². The van der Waals surface area contributed by atoms with Gasteiger partial charge in [-0.05, 0) is 17.7 Å². The molecule has 21 heavy (non-hydrogen) atoms. The first-order valence-electron chi connectivity index (χ1n) is 7.72. The average molecular weight is 304 g/mol. The molecule has 2 atom stereocenters. The molecule has 0 fully saturated rings. The molecule has 0 aliphatic heterocycles. The van der Waals surface area contributed by atoms with Gasteiger partial charge in [-0.25, -0.2) is 0 Å². The highest BCUT2D eigenvalue weighted by atomic mass is 32.2. The van der Waals surface area contributed by atoms with Gasteiger partial charge in [-0.15, -0.1) is 11.8 Å². The van der Waals surface area contributed by atoms with Gasteiger partial charge in [-0.2, -0.15) is 0 Å². The number of thioether (sulfide) groups is 1. The van der Waals surface area contributed by atoms with Crippen LogP contribution >= 0.6 is 11.8 Å². The maximum absolute atomic E-state index is 10.2. The lowest BCUT2D eigenvalue weighted by atomic mass is 10.1. The van der Waals surface area contributed by atoms with Crippen LogP contribution in [0.1, 0.15) is 46.3 Å². The van der Waals surface area contributed by atoms with E-state index in [1.807, 2.05) is 76.2 Å². The van der Waals surface area contributed by atoms with E-state index in [4.69, 9.17) is 0 Å². The van der Waals surface area contributed by atoms with Crippen molar-refractivity contribution in [2.24, 2.45) is 0 Å². The van der Waals surface area contributed by atoms with Gasteiger partial charge < -0.3 is 5.11 Å². The van der Waals surface area contributed by atoms with Crippen molar-refractivity contribution >= 4 is 11.8 Å². The van der Waals surface area contributed by atoms with E-state index in [0.717, 1.165) is 5.56 Å². The fourth-order valence-electron chi connectivity index (χ4n) is 1.70. The van der Waals surface area contributed by atoms with Gasteiger partial charge in [0.05, 0.1) is 6.10 Å². The Morgan fingerprint density at radius 3 is 1.67 bits per heavy atom. The summed E-state index contributed by atoms with van der Waals surface area (Å²) >= 11 is 1.70. The van der Waals surface area contributed by atoms with Crippen molar-refractivity contribution in [3.63, 3.8) is 0 Å². The molecule has 0 radical (unpaired) electrons. The standard InChI is InChI=1S/C15H16OS.2C2H6/c1-12(17-14-10-6-3-7-11-14)15(16)13-8-4-2-5-9-13;2*1-2/h2-12,15-16H,1H3;2*1-2H3. The Balaban J connectivity index is 0.000000921. The smallest absolute Gasteiger partial charge is 0.0909 e. The van der Waals surface area contributed by atoms with Crippen molar-refractivity contribution in [3.05, 3.63) is 66.2 Å². The van der Waals surface area contributed by atoms with Crippen LogP contribution in [-0.4, -0.2) is 10.4 Å². The zero-order valence-electron chi connectivity index (χ0n) is 13.8. The molecule has 1 N–H and O–H groups in total. The second-order valence-electron chi connectivity index (χ2n) is 3.99. The lowest BCUT2D eigenvalue weighted by Crippen LogP contribution is -2.10. The van der Waals surface area contributed by atoms with Gasteiger partial charge in [0.25, 0.3) is 0 Å². The third-order valence-corrected chi connectivity index (χ3v) is 3.82. The number of aliphatic hydroxyl groups excluding tert-OH is 1. The maximum Gasteiger partial charge on any atom is 0.0909 e. The molecule has 2 heteroatoms. The van der Waals surface area contributed by atoms with Gasteiger partial charge in [-0.1, -0.05) is 83.1 Å². The molecular weight excluding hydrogens is 276 g/mol. The minimum Gasteiger partial charge on any atom is -0.387 e. The Kier molecular flexibility index (Phi) is 11.7. The van der Waals surface area contributed by atoms with Crippen LogP contribution in [-0.2, 0) is 0 Å². The molecule has 0 saturated carbocycles. The Hall–Kier alpha value is -1.25. The molecule has 0 bridgehead atoms. The van der Waals surface area contributed by atoms with E-state index < -0.39 is 6.10 Å². The van der Waals surface area contributed by atoms with Crippen molar-refractivity contribution in [2.45, 2.75) is 50.9 Å². The first kappa shape index (κ1) is 19.8. The highest BCUT2D eigenvalue weighted by molar-refractivity contribution is 8.00. The average Bonchev–Trinajstić information content (AvgIpc) is 2.59. The largest absolute Gasteiger partial charge is 0.387 e.